The van der Waals surface area contributed by atoms with Crippen molar-refractivity contribution in [3.05, 3.63) is 35.1 Å². The standard InChI is InChI=1S/C8H6F3NO2/c9-4-1-3(7(12)8(13)14)2-5(10)6(4)11/h1-2,7H,12H2,(H,13,14). The number of carbonyl (C=O) groups is 1. The quantitative estimate of drug-likeness (QED) is 0.713. The van der Waals surface area contributed by atoms with E-state index in [1.54, 1.807) is 0 Å². The third-order valence-electron chi connectivity index (χ3n) is 1.63. The Morgan fingerprint density at radius 1 is 1.29 bits per heavy atom. The van der Waals surface area contributed by atoms with Gasteiger partial charge in [0.1, 0.15) is 6.04 Å². The minimum absolute atomic E-state index is 0.325. The lowest BCUT2D eigenvalue weighted by atomic mass is 10.1. The highest BCUT2D eigenvalue weighted by atomic mass is 19.2. The minimum Gasteiger partial charge on any atom is -0.480 e. The van der Waals surface area contributed by atoms with Crippen LogP contribution >= 0.6 is 0 Å². The average molecular weight is 205 g/mol. The highest BCUT2D eigenvalue weighted by Crippen LogP contribution is 2.17. The van der Waals surface area contributed by atoms with Crippen molar-refractivity contribution in [2.75, 3.05) is 0 Å². The van der Waals surface area contributed by atoms with Crippen LogP contribution in [0.2, 0.25) is 0 Å². The predicted octanol–water partition coefficient (Wildman–Crippen LogP) is 1.19. The van der Waals surface area contributed by atoms with Crippen LogP contribution in [-0.4, -0.2) is 11.1 Å². The Kier molecular flexibility index (Phi) is 2.76. The lowest BCUT2D eigenvalue weighted by Gasteiger charge is -2.07. The number of rotatable bonds is 2. The highest BCUT2D eigenvalue weighted by Gasteiger charge is 2.19. The van der Waals surface area contributed by atoms with Gasteiger partial charge < -0.3 is 10.8 Å². The van der Waals surface area contributed by atoms with Crippen LogP contribution in [0.3, 0.4) is 0 Å². The minimum atomic E-state index is -1.65. The molecule has 1 rings (SSSR count). The Morgan fingerprint density at radius 3 is 2.07 bits per heavy atom. The molecular weight excluding hydrogens is 199 g/mol. The summed E-state index contributed by atoms with van der Waals surface area (Å²) in [6.45, 7) is 0. The summed E-state index contributed by atoms with van der Waals surface area (Å²) in [7, 11) is 0. The molecule has 6 heteroatoms. The Bertz CT molecular complexity index is 358. The molecule has 3 nitrogen and oxygen atoms in total. The summed E-state index contributed by atoms with van der Waals surface area (Å²) in [5.74, 6) is -6.02. The lowest BCUT2D eigenvalue weighted by Crippen LogP contribution is -2.21. The molecule has 3 N–H and O–H groups in total. The molecule has 0 aromatic heterocycles. The van der Waals surface area contributed by atoms with Crippen LogP contribution in [0.15, 0.2) is 12.1 Å². The fourth-order valence-electron chi connectivity index (χ4n) is 0.897. The molecule has 0 fully saturated rings. The van der Waals surface area contributed by atoms with E-state index in [-0.39, 0.29) is 5.56 Å². The van der Waals surface area contributed by atoms with Gasteiger partial charge in [0.05, 0.1) is 0 Å². The zero-order valence-electron chi connectivity index (χ0n) is 6.80. The van der Waals surface area contributed by atoms with Gasteiger partial charge >= 0.3 is 5.97 Å². The number of halogens is 3. The normalized spacial score (nSPS) is 12.6. The van der Waals surface area contributed by atoms with Crippen molar-refractivity contribution < 1.29 is 23.1 Å². The van der Waals surface area contributed by atoms with Crippen molar-refractivity contribution >= 4 is 5.97 Å². The molecule has 14 heavy (non-hydrogen) atoms. The summed E-state index contributed by atoms with van der Waals surface area (Å²) >= 11 is 0. The summed E-state index contributed by atoms with van der Waals surface area (Å²) in [5.41, 5.74) is 4.75. The largest absolute Gasteiger partial charge is 0.480 e. The second-order valence-electron chi connectivity index (χ2n) is 2.61. The molecule has 0 radical (unpaired) electrons. The first-order valence-corrected chi connectivity index (χ1v) is 3.56. The van der Waals surface area contributed by atoms with Gasteiger partial charge in [0, 0.05) is 0 Å². The van der Waals surface area contributed by atoms with E-state index in [1.165, 1.54) is 0 Å². The topological polar surface area (TPSA) is 63.3 Å². The molecule has 0 saturated heterocycles. The molecule has 1 aromatic rings. The second-order valence-corrected chi connectivity index (χ2v) is 2.61. The van der Waals surface area contributed by atoms with Crippen molar-refractivity contribution in [1.82, 2.24) is 0 Å². The van der Waals surface area contributed by atoms with E-state index in [1.807, 2.05) is 0 Å². The van der Waals surface area contributed by atoms with Gasteiger partial charge in [-0.25, -0.2) is 13.2 Å². The summed E-state index contributed by atoms with van der Waals surface area (Å²) in [4.78, 5) is 10.3. The van der Waals surface area contributed by atoms with Crippen LogP contribution < -0.4 is 5.73 Å². The van der Waals surface area contributed by atoms with Crippen LogP contribution in [0.25, 0.3) is 0 Å². The molecule has 0 aliphatic carbocycles. The van der Waals surface area contributed by atoms with Crippen molar-refractivity contribution in [3.63, 3.8) is 0 Å². The van der Waals surface area contributed by atoms with Crippen LogP contribution in [0.4, 0.5) is 13.2 Å². The molecule has 0 bridgehead atoms. The van der Waals surface area contributed by atoms with Gasteiger partial charge in [-0.05, 0) is 17.7 Å². The Hall–Kier alpha value is -1.56. The number of carboxylic acids is 1. The Morgan fingerprint density at radius 2 is 1.71 bits per heavy atom. The van der Waals surface area contributed by atoms with Crippen LogP contribution in [0.5, 0.6) is 0 Å². The average Bonchev–Trinajstić information content (AvgIpc) is 2.12. The van der Waals surface area contributed by atoms with E-state index < -0.39 is 29.5 Å². The molecule has 0 amide bonds. The van der Waals surface area contributed by atoms with Gasteiger partial charge in [-0.15, -0.1) is 0 Å². The Labute approximate surface area is 77.0 Å². The summed E-state index contributed by atoms with van der Waals surface area (Å²) in [6, 6.07) is -0.464. The number of hydrogen-bond acceptors (Lipinski definition) is 2. The third kappa shape index (κ3) is 1.85. The maximum atomic E-state index is 12.6. The van der Waals surface area contributed by atoms with Crippen LogP contribution in [-0.2, 0) is 4.79 Å². The lowest BCUT2D eigenvalue weighted by molar-refractivity contribution is -0.138. The summed E-state index contributed by atoms with van der Waals surface area (Å²) < 4.78 is 37.6. The molecule has 0 aliphatic heterocycles. The van der Waals surface area contributed by atoms with E-state index in [0.717, 1.165) is 0 Å². The molecule has 1 atom stereocenters. The first-order valence-electron chi connectivity index (χ1n) is 3.56. The maximum absolute atomic E-state index is 12.6. The second kappa shape index (κ2) is 3.67. The molecule has 0 aliphatic rings. The smallest absolute Gasteiger partial charge is 0.325 e. The zero-order valence-corrected chi connectivity index (χ0v) is 6.80. The molecule has 76 valence electrons. The Balaban J connectivity index is 3.19. The van der Waals surface area contributed by atoms with Gasteiger partial charge in [0.15, 0.2) is 17.5 Å². The van der Waals surface area contributed by atoms with Crippen LogP contribution in [0.1, 0.15) is 11.6 Å². The summed E-state index contributed by atoms with van der Waals surface area (Å²) in [6.07, 6.45) is 0. The van der Waals surface area contributed by atoms with Crippen LogP contribution in [0, 0.1) is 17.5 Å². The van der Waals surface area contributed by atoms with Gasteiger partial charge in [-0.3, -0.25) is 4.79 Å². The van der Waals surface area contributed by atoms with Gasteiger partial charge in [-0.2, -0.15) is 0 Å². The van der Waals surface area contributed by atoms with Gasteiger partial charge in [-0.1, -0.05) is 0 Å². The number of benzene rings is 1. The highest BCUT2D eigenvalue weighted by molar-refractivity contribution is 5.75. The van der Waals surface area contributed by atoms with Crippen molar-refractivity contribution in [1.29, 1.82) is 0 Å². The predicted molar refractivity (Wildman–Crippen MR) is 40.9 cm³/mol. The van der Waals surface area contributed by atoms with E-state index in [0.29, 0.717) is 12.1 Å². The molecular formula is C8H6F3NO2. The number of carboxylic acid groups (broad SMARTS) is 1. The molecule has 0 saturated carbocycles. The van der Waals surface area contributed by atoms with Crippen molar-refractivity contribution in [2.24, 2.45) is 5.73 Å². The molecule has 1 aromatic carbocycles. The van der Waals surface area contributed by atoms with Gasteiger partial charge in [0.25, 0.3) is 0 Å². The van der Waals surface area contributed by atoms with E-state index in [2.05, 4.69) is 0 Å². The first kappa shape index (κ1) is 10.5. The third-order valence-corrected chi connectivity index (χ3v) is 1.63. The van der Waals surface area contributed by atoms with E-state index >= 15 is 0 Å². The van der Waals surface area contributed by atoms with Gasteiger partial charge in [0.2, 0.25) is 0 Å². The summed E-state index contributed by atoms with van der Waals surface area (Å²) in [5, 5.41) is 8.42. The van der Waals surface area contributed by atoms with E-state index in [9.17, 15) is 18.0 Å². The molecule has 0 spiro atoms. The molecule has 1 unspecified atom stereocenters. The van der Waals surface area contributed by atoms with E-state index in [4.69, 9.17) is 10.8 Å². The fraction of sp³-hybridized carbons (Fsp3) is 0.125. The monoisotopic (exact) mass is 205 g/mol. The first-order chi connectivity index (χ1) is 6.43. The number of nitrogens with two attached hydrogens (primary N) is 1. The number of hydrogen-bond donors (Lipinski definition) is 2. The zero-order chi connectivity index (χ0) is 10.9. The van der Waals surface area contributed by atoms with Crippen molar-refractivity contribution in [2.45, 2.75) is 6.04 Å². The SMILES string of the molecule is NC(C(=O)O)c1cc(F)c(F)c(F)c1. The maximum Gasteiger partial charge on any atom is 0.325 e. The number of aliphatic carboxylic acids is 1. The molecule has 0 heterocycles. The van der Waals surface area contributed by atoms with Crippen molar-refractivity contribution in [3.8, 4) is 0 Å². The fourth-order valence-corrected chi connectivity index (χ4v) is 0.897.